The first-order valence-corrected chi connectivity index (χ1v) is 5.78. The van der Waals surface area contributed by atoms with Crippen LogP contribution in [-0.2, 0) is 4.79 Å². The molecule has 1 unspecified atom stereocenters. The quantitative estimate of drug-likeness (QED) is 0.924. The maximum Gasteiger partial charge on any atom is 0.225 e. The van der Waals surface area contributed by atoms with Crippen molar-refractivity contribution in [2.75, 3.05) is 5.32 Å². The van der Waals surface area contributed by atoms with Gasteiger partial charge in [-0.1, -0.05) is 15.9 Å². The number of benzene rings is 1. The molecule has 0 aromatic heterocycles. The molecule has 16 heavy (non-hydrogen) atoms. The maximum atomic E-state index is 11.5. The highest BCUT2D eigenvalue weighted by atomic mass is 79.9. The van der Waals surface area contributed by atoms with Gasteiger partial charge in [-0.25, -0.2) is 0 Å². The number of halogens is 1. The number of nitriles is 1. The van der Waals surface area contributed by atoms with Crippen molar-refractivity contribution in [2.24, 2.45) is 5.92 Å². The van der Waals surface area contributed by atoms with Gasteiger partial charge in [-0.2, -0.15) is 5.26 Å². The Morgan fingerprint density at radius 1 is 1.62 bits per heavy atom. The zero-order chi connectivity index (χ0) is 12.1. The van der Waals surface area contributed by atoms with Gasteiger partial charge in [-0.3, -0.25) is 4.79 Å². The SMILES string of the molecule is Cc1cc(NC(=O)CC(C)C#N)ccc1Br. The molecule has 1 aromatic carbocycles. The highest BCUT2D eigenvalue weighted by Gasteiger charge is 2.08. The van der Waals surface area contributed by atoms with Gasteiger partial charge in [0.15, 0.2) is 0 Å². The summed E-state index contributed by atoms with van der Waals surface area (Å²) in [6.45, 7) is 3.68. The van der Waals surface area contributed by atoms with Gasteiger partial charge in [-0.05, 0) is 37.6 Å². The Morgan fingerprint density at radius 2 is 2.31 bits per heavy atom. The van der Waals surface area contributed by atoms with Gasteiger partial charge in [0.25, 0.3) is 0 Å². The molecule has 0 spiro atoms. The molecule has 1 aromatic rings. The van der Waals surface area contributed by atoms with Crippen LogP contribution in [0.4, 0.5) is 5.69 Å². The fourth-order valence-electron chi connectivity index (χ4n) is 1.26. The van der Waals surface area contributed by atoms with Crippen molar-refractivity contribution < 1.29 is 4.79 Å². The van der Waals surface area contributed by atoms with Crippen LogP contribution in [0.5, 0.6) is 0 Å². The molecule has 1 atom stereocenters. The van der Waals surface area contributed by atoms with E-state index in [2.05, 4.69) is 21.2 Å². The molecule has 0 bridgehead atoms. The van der Waals surface area contributed by atoms with E-state index in [1.807, 2.05) is 31.2 Å². The molecule has 1 rings (SSSR count). The minimum atomic E-state index is -0.253. The summed E-state index contributed by atoms with van der Waals surface area (Å²) in [5, 5.41) is 11.4. The Morgan fingerprint density at radius 3 is 2.88 bits per heavy atom. The Hall–Kier alpha value is -1.34. The summed E-state index contributed by atoms with van der Waals surface area (Å²) in [7, 11) is 0. The Kier molecular flexibility index (Phi) is 4.51. The van der Waals surface area contributed by atoms with E-state index in [-0.39, 0.29) is 18.2 Å². The average molecular weight is 281 g/mol. The van der Waals surface area contributed by atoms with Crippen LogP contribution >= 0.6 is 15.9 Å². The van der Waals surface area contributed by atoms with Gasteiger partial charge < -0.3 is 5.32 Å². The third kappa shape index (κ3) is 3.67. The minimum Gasteiger partial charge on any atom is -0.326 e. The molecule has 1 N–H and O–H groups in total. The van der Waals surface area contributed by atoms with E-state index in [9.17, 15) is 4.79 Å². The van der Waals surface area contributed by atoms with E-state index < -0.39 is 0 Å². The number of anilines is 1. The topological polar surface area (TPSA) is 52.9 Å². The number of carbonyl (C=O) groups is 1. The summed E-state index contributed by atoms with van der Waals surface area (Å²) in [5.74, 6) is -0.382. The Bertz CT molecular complexity index is 437. The summed E-state index contributed by atoms with van der Waals surface area (Å²) in [6.07, 6.45) is 0.228. The Labute approximate surface area is 104 Å². The van der Waals surface area contributed by atoms with E-state index in [1.54, 1.807) is 6.92 Å². The monoisotopic (exact) mass is 280 g/mol. The molecule has 4 heteroatoms. The van der Waals surface area contributed by atoms with Crippen molar-refractivity contribution >= 4 is 27.5 Å². The number of amides is 1. The summed E-state index contributed by atoms with van der Waals surface area (Å²) < 4.78 is 1.01. The highest BCUT2D eigenvalue weighted by molar-refractivity contribution is 9.10. The fourth-order valence-corrected chi connectivity index (χ4v) is 1.50. The van der Waals surface area contributed by atoms with E-state index in [0.717, 1.165) is 15.7 Å². The average Bonchev–Trinajstić information content (AvgIpc) is 2.23. The molecule has 1 amide bonds. The van der Waals surface area contributed by atoms with Crippen molar-refractivity contribution in [3.63, 3.8) is 0 Å². The van der Waals surface area contributed by atoms with E-state index in [0.29, 0.717) is 0 Å². The van der Waals surface area contributed by atoms with Crippen LogP contribution < -0.4 is 5.32 Å². The first-order valence-electron chi connectivity index (χ1n) is 4.98. The Balaban J connectivity index is 2.64. The summed E-state index contributed by atoms with van der Waals surface area (Å²) >= 11 is 3.39. The number of rotatable bonds is 3. The molecular weight excluding hydrogens is 268 g/mol. The van der Waals surface area contributed by atoms with Crippen LogP contribution in [0, 0.1) is 24.2 Å². The van der Waals surface area contributed by atoms with Crippen molar-refractivity contribution in [3.8, 4) is 6.07 Å². The zero-order valence-electron chi connectivity index (χ0n) is 9.25. The molecule has 84 valence electrons. The molecule has 3 nitrogen and oxygen atoms in total. The van der Waals surface area contributed by atoms with Crippen molar-refractivity contribution in [1.29, 1.82) is 5.26 Å². The summed E-state index contributed by atoms with van der Waals surface area (Å²) in [6, 6.07) is 7.63. The van der Waals surface area contributed by atoms with E-state index in [4.69, 9.17) is 5.26 Å². The van der Waals surface area contributed by atoms with Crippen LogP contribution in [0.25, 0.3) is 0 Å². The normalized spacial score (nSPS) is 11.6. The predicted octanol–water partition coefficient (Wildman–Crippen LogP) is 3.25. The number of aryl methyl sites for hydroxylation is 1. The summed E-state index contributed by atoms with van der Waals surface area (Å²) in [4.78, 5) is 11.5. The minimum absolute atomic E-state index is 0.129. The maximum absolute atomic E-state index is 11.5. The molecule has 0 saturated carbocycles. The number of nitrogens with one attached hydrogen (secondary N) is 1. The predicted molar refractivity (Wildman–Crippen MR) is 66.9 cm³/mol. The largest absolute Gasteiger partial charge is 0.326 e. The second-order valence-electron chi connectivity index (χ2n) is 3.75. The lowest BCUT2D eigenvalue weighted by molar-refractivity contribution is -0.116. The second kappa shape index (κ2) is 5.66. The lowest BCUT2D eigenvalue weighted by atomic mass is 10.1. The molecule has 0 aliphatic rings. The first-order chi connectivity index (χ1) is 7.52. The molecule has 0 saturated heterocycles. The molecule has 0 radical (unpaired) electrons. The standard InChI is InChI=1S/C12H13BrN2O/c1-8(7-14)5-12(16)15-10-3-4-11(13)9(2)6-10/h3-4,6,8H,5H2,1-2H3,(H,15,16). The smallest absolute Gasteiger partial charge is 0.225 e. The molecular formula is C12H13BrN2O. The van der Waals surface area contributed by atoms with Gasteiger partial charge in [0, 0.05) is 16.6 Å². The molecule has 0 aliphatic carbocycles. The first kappa shape index (κ1) is 12.7. The molecule has 0 fully saturated rings. The van der Waals surface area contributed by atoms with E-state index in [1.165, 1.54) is 0 Å². The second-order valence-corrected chi connectivity index (χ2v) is 4.60. The van der Waals surface area contributed by atoms with Gasteiger partial charge in [-0.15, -0.1) is 0 Å². The number of carbonyl (C=O) groups excluding carboxylic acids is 1. The molecule has 0 heterocycles. The van der Waals surface area contributed by atoms with Crippen LogP contribution in [0.3, 0.4) is 0 Å². The third-order valence-electron chi connectivity index (χ3n) is 2.15. The summed E-state index contributed by atoms with van der Waals surface area (Å²) in [5.41, 5.74) is 1.82. The van der Waals surface area contributed by atoms with Crippen molar-refractivity contribution in [3.05, 3.63) is 28.2 Å². The van der Waals surface area contributed by atoms with Crippen LogP contribution in [0.15, 0.2) is 22.7 Å². The fraction of sp³-hybridized carbons (Fsp3) is 0.333. The number of hydrogen-bond donors (Lipinski definition) is 1. The van der Waals surface area contributed by atoms with Crippen LogP contribution in [0.1, 0.15) is 18.9 Å². The van der Waals surface area contributed by atoms with Crippen molar-refractivity contribution in [1.82, 2.24) is 0 Å². The van der Waals surface area contributed by atoms with E-state index >= 15 is 0 Å². The van der Waals surface area contributed by atoms with Gasteiger partial charge in [0.05, 0.1) is 12.0 Å². The highest BCUT2D eigenvalue weighted by Crippen LogP contribution is 2.20. The third-order valence-corrected chi connectivity index (χ3v) is 3.04. The lowest BCUT2D eigenvalue weighted by Gasteiger charge is -2.07. The van der Waals surface area contributed by atoms with Gasteiger partial charge in [0.1, 0.15) is 0 Å². The van der Waals surface area contributed by atoms with Gasteiger partial charge >= 0.3 is 0 Å². The number of hydrogen-bond acceptors (Lipinski definition) is 2. The van der Waals surface area contributed by atoms with Crippen molar-refractivity contribution in [2.45, 2.75) is 20.3 Å². The number of nitrogens with zero attached hydrogens (tertiary/aromatic N) is 1. The molecule has 0 aliphatic heterocycles. The van der Waals surface area contributed by atoms with Crippen LogP contribution in [-0.4, -0.2) is 5.91 Å². The zero-order valence-corrected chi connectivity index (χ0v) is 10.8. The van der Waals surface area contributed by atoms with Crippen LogP contribution in [0.2, 0.25) is 0 Å². The van der Waals surface area contributed by atoms with Gasteiger partial charge in [0.2, 0.25) is 5.91 Å². The lowest BCUT2D eigenvalue weighted by Crippen LogP contribution is -2.14.